The van der Waals surface area contributed by atoms with E-state index in [1.54, 1.807) is 6.07 Å². The molecule has 0 aliphatic rings. The highest BCUT2D eigenvalue weighted by atomic mass is 19.2. The molecule has 0 heterocycles. The number of hydrogen-bond donors (Lipinski definition) is 1. The van der Waals surface area contributed by atoms with Gasteiger partial charge in [0.25, 0.3) is 0 Å². The van der Waals surface area contributed by atoms with Crippen LogP contribution >= 0.6 is 0 Å². The molecule has 3 heteroatoms. The second-order valence-corrected chi connectivity index (χ2v) is 3.16. The Morgan fingerprint density at radius 2 is 2.00 bits per heavy atom. The van der Waals surface area contributed by atoms with Crippen LogP contribution in [0.2, 0.25) is 0 Å². The van der Waals surface area contributed by atoms with Gasteiger partial charge in [-0.3, -0.25) is 0 Å². The standard InChI is InChI=1S/C11H13F2N.C2H6/c1-3-14-7-8(2)9-5-4-6-10(12)11(9)13;1-2/h3-6,8,14H,1,7H2,2H3;1-2H3. The SMILES string of the molecule is C=CNCC(C)c1cccc(F)c1F.CC. The van der Waals surface area contributed by atoms with Gasteiger partial charge in [-0.25, -0.2) is 8.78 Å². The van der Waals surface area contributed by atoms with Crippen LogP contribution in [0.4, 0.5) is 8.78 Å². The van der Waals surface area contributed by atoms with E-state index in [0.717, 1.165) is 6.07 Å². The number of hydrogen-bond acceptors (Lipinski definition) is 1. The summed E-state index contributed by atoms with van der Waals surface area (Å²) in [7, 11) is 0. The van der Waals surface area contributed by atoms with E-state index in [2.05, 4.69) is 11.9 Å². The van der Waals surface area contributed by atoms with E-state index in [4.69, 9.17) is 0 Å². The molecule has 0 saturated carbocycles. The highest BCUT2D eigenvalue weighted by molar-refractivity contribution is 5.22. The third kappa shape index (κ3) is 4.01. The lowest BCUT2D eigenvalue weighted by molar-refractivity contribution is 0.489. The Hall–Kier alpha value is -1.38. The maximum atomic E-state index is 13.3. The molecular weight excluding hydrogens is 208 g/mol. The first-order chi connectivity index (χ1) is 7.66. The van der Waals surface area contributed by atoms with Crippen LogP contribution in [0.25, 0.3) is 0 Å². The summed E-state index contributed by atoms with van der Waals surface area (Å²) in [5.74, 6) is -1.64. The first-order valence-corrected chi connectivity index (χ1v) is 5.45. The predicted octanol–water partition coefficient (Wildman–Crippen LogP) is 3.83. The lowest BCUT2D eigenvalue weighted by atomic mass is 10.0. The van der Waals surface area contributed by atoms with Crippen molar-refractivity contribution in [2.45, 2.75) is 26.7 Å². The molecule has 1 N–H and O–H groups in total. The lowest BCUT2D eigenvalue weighted by Crippen LogP contribution is -2.15. The van der Waals surface area contributed by atoms with Crippen molar-refractivity contribution < 1.29 is 8.78 Å². The van der Waals surface area contributed by atoms with Crippen LogP contribution in [0.15, 0.2) is 31.0 Å². The largest absolute Gasteiger partial charge is 0.391 e. The van der Waals surface area contributed by atoms with Gasteiger partial charge in [0, 0.05) is 12.5 Å². The van der Waals surface area contributed by atoms with E-state index in [-0.39, 0.29) is 5.92 Å². The molecule has 0 spiro atoms. The summed E-state index contributed by atoms with van der Waals surface area (Å²) >= 11 is 0. The highest BCUT2D eigenvalue weighted by Crippen LogP contribution is 2.19. The van der Waals surface area contributed by atoms with Gasteiger partial charge in [0.2, 0.25) is 0 Å². The Morgan fingerprint density at radius 3 is 2.56 bits per heavy atom. The quantitative estimate of drug-likeness (QED) is 0.824. The van der Waals surface area contributed by atoms with Gasteiger partial charge in [-0.05, 0) is 17.8 Å². The molecule has 0 aliphatic carbocycles. The minimum absolute atomic E-state index is 0.0799. The molecule has 0 fully saturated rings. The van der Waals surface area contributed by atoms with Crippen molar-refractivity contribution in [2.75, 3.05) is 6.54 Å². The zero-order valence-electron chi connectivity index (χ0n) is 10.1. The van der Waals surface area contributed by atoms with Gasteiger partial charge in [0.15, 0.2) is 11.6 Å². The van der Waals surface area contributed by atoms with Gasteiger partial charge in [-0.2, -0.15) is 0 Å². The van der Waals surface area contributed by atoms with Crippen LogP contribution in [0, 0.1) is 11.6 Å². The number of halogens is 2. The molecule has 0 amide bonds. The molecule has 1 aromatic rings. The Balaban J connectivity index is 0.00000106. The smallest absolute Gasteiger partial charge is 0.162 e. The molecule has 90 valence electrons. The Kier molecular flexibility index (Phi) is 7.18. The summed E-state index contributed by atoms with van der Waals surface area (Å²) in [4.78, 5) is 0. The predicted molar refractivity (Wildman–Crippen MR) is 64.3 cm³/mol. The number of rotatable bonds is 4. The van der Waals surface area contributed by atoms with Gasteiger partial charge in [-0.1, -0.05) is 39.5 Å². The Morgan fingerprint density at radius 1 is 1.38 bits per heavy atom. The molecule has 0 aliphatic heterocycles. The summed E-state index contributed by atoms with van der Waals surface area (Å²) in [6, 6.07) is 4.22. The van der Waals surface area contributed by atoms with Crippen molar-refractivity contribution in [3.63, 3.8) is 0 Å². The van der Waals surface area contributed by atoms with Crippen LogP contribution in [0.5, 0.6) is 0 Å². The molecule has 0 radical (unpaired) electrons. The van der Waals surface area contributed by atoms with Crippen molar-refractivity contribution in [3.8, 4) is 0 Å². The Labute approximate surface area is 96.2 Å². The normalized spacial score (nSPS) is 11.1. The fourth-order valence-corrected chi connectivity index (χ4v) is 1.27. The molecule has 0 saturated heterocycles. The van der Waals surface area contributed by atoms with Crippen molar-refractivity contribution in [3.05, 3.63) is 48.2 Å². The molecule has 1 nitrogen and oxygen atoms in total. The van der Waals surface area contributed by atoms with E-state index < -0.39 is 11.6 Å². The van der Waals surface area contributed by atoms with E-state index in [9.17, 15) is 8.78 Å². The molecule has 1 atom stereocenters. The first kappa shape index (κ1) is 14.6. The minimum atomic E-state index is -0.798. The molecule has 0 bridgehead atoms. The maximum absolute atomic E-state index is 13.3. The fraction of sp³-hybridized carbons (Fsp3) is 0.385. The van der Waals surface area contributed by atoms with E-state index in [1.807, 2.05) is 20.8 Å². The zero-order valence-corrected chi connectivity index (χ0v) is 10.1. The first-order valence-electron chi connectivity index (χ1n) is 5.45. The fourth-order valence-electron chi connectivity index (χ4n) is 1.27. The summed E-state index contributed by atoms with van der Waals surface area (Å²) in [5, 5.41) is 2.87. The van der Waals surface area contributed by atoms with Gasteiger partial charge < -0.3 is 5.32 Å². The lowest BCUT2D eigenvalue weighted by Gasteiger charge is -2.12. The van der Waals surface area contributed by atoms with Gasteiger partial charge in [0.1, 0.15) is 0 Å². The Bertz CT molecular complexity index is 324. The van der Waals surface area contributed by atoms with Crippen molar-refractivity contribution >= 4 is 0 Å². The van der Waals surface area contributed by atoms with E-state index >= 15 is 0 Å². The average Bonchev–Trinajstić information content (AvgIpc) is 2.32. The van der Waals surface area contributed by atoms with Crippen LogP contribution in [0.3, 0.4) is 0 Å². The molecule has 1 rings (SSSR count). The monoisotopic (exact) mass is 227 g/mol. The molecular formula is C13H19F2N. The summed E-state index contributed by atoms with van der Waals surface area (Å²) in [6.45, 7) is 9.86. The van der Waals surface area contributed by atoms with Crippen LogP contribution in [-0.2, 0) is 0 Å². The van der Waals surface area contributed by atoms with Gasteiger partial charge >= 0.3 is 0 Å². The summed E-state index contributed by atoms with van der Waals surface area (Å²) in [5.41, 5.74) is 0.388. The molecule has 1 aromatic carbocycles. The molecule has 16 heavy (non-hydrogen) atoms. The second-order valence-electron chi connectivity index (χ2n) is 3.16. The molecule has 0 aromatic heterocycles. The van der Waals surface area contributed by atoms with Gasteiger partial charge in [0.05, 0.1) is 0 Å². The maximum Gasteiger partial charge on any atom is 0.162 e. The third-order valence-electron chi connectivity index (χ3n) is 2.08. The second kappa shape index (κ2) is 7.85. The van der Waals surface area contributed by atoms with E-state index in [1.165, 1.54) is 12.3 Å². The van der Waals surface area contributed by atoms with Crippen LogP contribution < -0.4 is 5.32 Å². The average molecular weight is 227 g/mol. The number of nitrogens with one attached hydrogen (secondary N) is 1. The van der Waals surface area contributed by atoms with Crippen LogP contribution in [0.1, 0.15) is 32.3 Å². The summed E-state index contributed by atoms with van der Waals surface area (Å²) in [6.07, 6.45) is 1.54. The van der Waals surface area contributed by atoms with Gasteiger partial charge in [-0.15, -0.1) is 0 Å². The minimum Gasteiger partial charge on any atom is -0.391 e. The zero-order chi connectivity index (χ0) is 12.6. The third-order valence-corrected chi connectivity index (χ3v) is 2.08. The summed E-state index contributed by atoms with van der Waals surface area (Å²) < 4.78 is 26.1. The van der Waals surface area contributed by atoms with Crippen LogP contribution in [-0.4, -0.2) is 6.54 Å². The van der Waals surface area contributed by atoms with Crippen molar-refractivity contribution in [1.29, 1.82) is 0 Å². The van der Waals surface area contributed by atoms with Crippen molar-refractivity contribution in [1.82, 2.24) is 5.32 Å². The highest BCUT2D eigenvalue weighted by Gasteiger charge is 2.13. The molecule has 1 unspecified atom stereocenters. The van der Waals surface area contributed by atoms with E-state index in [0.29, 0.717) is 12.1 Å². The topological polar surface area (TPSA) is 12.0 Å². The number of benzene rings is 1. The van der Waals surface area contributed by atoms with Crippen molar-refractivity contribution in [2.24, 2.45) is 0 Å².